The second-order valence-electron chi connectivity index (χ2n) is 11.4. The molecule has 0 aliphatic carbocycles. The Morgan fingerprint density at radius 1 is 0.705 bits per heavy atom. The van der Waals surface area contributed by atoms with Crippen LogP contribution in [0.2, 0.25) is 19.6 Å². The molecular weight excluding hydrogens is 733 g/mol. The molecule has 0 saturated heterocycles. The standard InChI is InChI=1S/C21H22NSi.C18H12NO.Ir/c1-16-14-21(18-8-6-5-7-9-18)22-15-20(16)17-10-12-19(13-11-17)23(2,3)4;1-12-6-9-16(19-11-12)13-7-8-15-14-4-2-3-5-17(14)20-18(15)10-13;/h5-8,10-15H,1-4H3;2-6,8-11H,1H3;/q2*-1;/i2*1D3;. The van der Waals surface area contributed by atoms with Crippen LogP contribution in [0.1, 0.15) is 19.4 Å². The molecule has 44 heavy (non-hydrogen) atoms. The van der Waals surface area contributed by atoms with Crippen molar-refractivity contribution in [2.24, 2.45) is 0 Å². The van der Waals surface area contributed by atoms with E-state index in [0.29, 0.717) is 22.5 Å². The maximum atomic E-state index is 7.97. The van der Waals surface area contributed by atoms with Gasteiger partial charge in [0, 0.05) is 46.3 Å². The quantitative estimate of drug-likeness (QED) is 0.132. The molecule has 0 N–H and O–H groups in total. The zero-order chi connectivity index (χ0) is 35.0. The van der Waals surface area contributed by atoms with Gasteiger partial charge in [0.2, 0.25) is 0 Å². The van der Waals surface area contributed by atoms with E-state index in [1.807, 2.05) is 66.7 Å². The Balaban J connectivity index is 0.000000192. The number of furan rings is 1. The summed E-state index contributed by atoms with van der Waals surface area (Å²) in [6.45, 7) is 2.53. The summed E-state index contributed by atoms with van der Waals surface area (Å²) in [6, 6.07) is 38.6. The molecule has 5 heteroatoms. The topological polar surface area (TPSA) is 38.9 Å². The van der Waals surface area contributed by atoms with Gasteiger partial charge in [0.25, 0.3) is 0 Å². The van der Waals surface area contributed by atoms with Crippen molar-refractivity contribution in [2.45, 2.75) is 33.3 Å². The van der Waals surface area contributed by atoms with Gasteiger partial charge in [0.15, 0.2) is 0 Å². The monoisotopic (exact) mass is 773 g/mol. The molecule has 0 spiro atoms. The first kappa shape index (κ1) is 24.2. The number of fused-ring (bicyclic) bond motifs is 3. The van der Waals surface area contributed by atoms with E-state index in [9.17, 15) is 0 Å². The molecule has 0 aliphatic rings. The molecule has 221 valence electrons. The predicted molar refractivity (Wildman–Crippen MR) is 182 cm³/mol. The van der Waals surface area contributed by atoms with Crippen LogP contribution in [0.3, 0.4) is 0 Å². The Bertz CT molecular complexity index is 2230. The van der Waals surface area contributed by atoms with Crippen LogP contribution in [-0.2, 0) is 20.1 Å². The molecule has 4 aromatic carbocycles. The maximum Gasteiger partial charge on any atom is 0.123 e. The third kappa shape index (κ3) is 6.81. The van der Waals surface area contributed by atoms with Crippen molar-refractivity contribution in [1.82, 2.24) is 9.97 Å². The summed E-state index contributed by atoms with van der Waals surface area (Å²) in [5.74, 6) is 0. The van der Waals surface area contributed by atoms with Crippen molar-refractivity contribution in [3.8, 4) is 33.6 Å². The van der Waals surface area contributed by atoms with Crippen molar-refractivity contribution in [3.63, 3.8) is 0 Å². The van der Waals surface area contributed by atoms with Crippen LogP contribution in [0.4, 0.5) is 0 Å². The average Bonchev–Trinajstić information content (AvgIpc) is 3.46. The van der Waals surface area contributed by atoms with Crippen LogP contribution in [0.5, 0.6) is 0 Å². The molecule has 7 rings (SSSR count). The zero-order valence-electron chi connectivity index (χ0n) is 30.6. The van der Waals surface area contributed by atoms with Crippen molar-refractivity contribution >= 4 is 35.2 Å². The first-order chi connectivity index (χ1) is 23.2. The summed E-state index contributed by atoms with van der Waals surface area (Å²) in [4.78, 5) is 8.74. The third-order valence-corrected chi connectivity index (χ3v) is 9.37. The van der Waals surface area contributed by atoms with Gasteiger partial charge in [-0.25, -0.2) is 0 Å². The van der Waals surface area contributed by atoms with Gasteiger partial charge in [-0.05, 0) is 53.2 Å². The van der Waals surface area contributed by atoms with Gasteiger partial charge in [-0.1, -0.05) is 96.9 Å². The fourth-order valence-electron chi connectivity index (χ4n) is 4.90. The second-order valence-corrected chi connectivity index (χ2v) is 16.5. The Labute approximate surface area is 282 Å². The second kappa shape index (κ2) is 13.2. The molecule has 7 aromatic rings. The minimum Gasteiger partial charge on any atom is -0.476 e. The number of aryl methyl sites for hydroxylation is 2. The van der Waals surface area contributed by atoms with E-state index in [1.54, 1.807) is 30.5 Å². The normalized spacial score (nSPS) is 13.7. The largest absolute Gasteiger partial charge is 0.476 e. The Morgan fingerprint density at radius 2 is 1.50 bits per heavy atom. The summed E-state index contributed by atoms with van der Waals surface area (Å²) in [6.07, 6.45) is 3.06. The number of nitrogens with zero attached hydrogens (tertiary/aromatic N) is 2. The molecule has 0 aliphatic heterocycles. The first-order valence-corrected chi connectivity index (χ1v) is 17.6. The third-order valence-electron chi connectivity index (χ3n) is 7.30. The Morgan fingerprint density at radius 3 is 2.20 bits per heavy atom. The average molecular weight is 773 g/mol. The zero-order valence-corrected chi connectivity index (χ0v) is 28.0. The van der Waals surface area contributed by atoms with Gasteiger partial charge in [0.05, 0.1) is 13.7 Å². The van der Waals surface area contributed by atoms with E-state index in [4.69, 9.17) is 12.6 Å². The van der Waals surface area contributed by atoms with Crippen LogP contribution < -0.4 is 5.19 Å². The van der Waals surface area contributed by atoms with Gasteiger partial charge in [0.1, 0.15) is 5.58 Å². The van der Waals surface area contributed by atoms with Crippen molar-refractivity contribution in [3.05, 3.63) is 139 Å². The van der Waals surface area contributed by atoms with Crippen LogP contribution in [0.15, 0.2) is 120 Å². The Kier molecular flexibility index (Phi) is 7.28. The fourth-order valence-corrected chi connectivity index (χ4v) is 6.07. The predicted octanol–water partition coefficient (Wildman–Crippen LogP) is 9.82. The first-order valence-electron chi connectivity index (χ1n) is 17.1. The minimum absolute atomic E-state index is 0. The number of aromatic nitrogens is 2. The fraction of sp³-hybridized carbons (Fsp3) is 0.128. The van der Waals surface area contributed by atoms with E-state index in [1.165, 1.54) is 11.4 Å². The molecule has 0 unspecified atom stereocenters. The van der Waals surface area contributed by atoms with Gasteiger partial charge in [-0.3, -0.25) is 0 Å². The number of rotatable bonds is 4. The number of pyridine rings is 2. The molecule has 0 bridgehead atoms. The van der Waals surface area contributed by atoms with Crippen LogP contribution in [0, 0.1) is 25.8 Å². The van der Waals surface area contributed by atoms with Crippen molar-refractivity contribution < 1.29 is 32.7 Å². The van der Waals surface area contributed by atoms with E-state index in [0.717, 1.165) is 38.6 Å². The van der Waals surface area contributed by atoms with Gasteiger partial charge in [-0.2, -0.15) is 0 Å². The van der Waals surface area contributed by atoms with E-state index in [2.05, 4.69) is 53.9 Å². The van der Waals surface area contributed by atoms with Gasteiger partial charge >= 0.3 is 0 Å². The molecule has 1 radical (unpaired) electrons. The summed E-state index contributed by atoms with van der Waals surface area (Å²) >= 11 is 0. The minimum atomic E-state index is -2.21. The summed E-state index contributed by atoms with van der Waals surface area (Å²) in [7, 11) is -1.39. The maximum absolute atomic E-state index is 7.97. The number of hydrogen-bond donors (Lipinski definition) is 0. The number of hydrogen-bond acceptors (Lipinski definition) is 3. The van der Waals surface area contributed by atoms with E-state index >= 15 is 0 Å². The van der Waals surface area contributed by atoms with Crippen molar-refractivity contribution in [2.75, 3.05) is 0 Å². The number of benzene rings is 4. The van der Waals surface area contributed by atoms with E-state index < -0.39 is 21.8 Å². The van der Waals surface area contributed by atoms with Crippen LogP contribution in [-0.4, -0.2) is 18.0 Å². The SMILES string of the molecule is [2H]C([2H])([2H])c1cc(-c2[c-]cccc2)ncc1-c1ccc([Si](C)(C)C)cc1.[2H]C([2H])([2H])c1ccc(-c2[c-]cc3c(c2)oc2ccccc23)nc1.[Ir]. The summed E-state index contributed by atoms with van der Waals surface area (Å²) < 4.78 is 51.9. The van der Waals surface area contributed by atoms with Crippen LogP contribution in [0.25, 0.3) is 55.6 Å². The molecule has 0 amide bonds. The molecule has 3 aromatic heterocycles. The molecule has 0 saturated carbocycles. The summed E-state index contributed by atoms with van der Waals surface area (Å²) in [5, 5.41) is 3.40. The molecule has 0 fully saturated rings. The van der Waals surface area contributed by atoms with Gasteiger partial charge in [-0.15, -0.1) is 53.6 Å². The van der Waals surface area contributed by atoms with E-state index in [-0.39, 0.29) is 25.7 Å². The summed E-state index contributed by atoms with van der Waals surface area (Å²) in [5.41, 5.74) is 6.54. The molecule has 3 nitrogen and oxygen atoms in total. The Hall–Kier alpha value is -4.15. The number of para-hydroxylation sites is 1. The molecular formula is C39H34IrN2OSi-2. The smallest absolute Gasteiger partial charge is 0.123 e. The van der Waals surface area contributed by atoms with Crippen LogP contribution >= 0.6 is 0 Å². The van der Waals surface area contributed by atoms with Gasteiger partial charge < -0.3 is 14.4 Å². The molecule has 0 atom stereocenters. The van der Waals surface area contributed by atoms with Crippen molar-refractivity contribution in [1.29, 1.82) is 0 Å². The molecule has 3 heterocycles.